The summed E-state index contributed by atoms with van der Waals surface area (Å²) in [5.41, 5.74) is 4.44. The summed E-state index contributed by atoms with van der Waals surface area (Å²) < 4.78 is 5.45. The lowest BCUT2D eigenvalue weighted by Crippen LogP contribution is -2.43. The average molecular weight is 469 g/mol. The molecule has 184 valence electrons. The molecule has 0 spiro atoms. The highest BCUT2D eigenvalue weighted by atomic mass is 16.5. The van der Waals surface area contributed by atoms with Gasteiger partial charge in [0.2, 0.25) is 0 Å². The lowest BCUT2D eigenvalue weighted by Gasteiger charge is -2.38. The number of aliphatic hydroxyl groups excluding tert-OH is 1. The molecule has 2 bridgehead atoms. The zero-order valence-corrected chi connectivity index (χ0v) is 20.2. The lowest BCUT2D eigenvalue weighted by molar-refractivity contribution is -0.127. The Morgan fingerprint density at radius 2 is 2.00 bits per heavy atom. The standard InChI is InChI=1S/C23H28N4O2.C3H8O2/c1-23(14-29-15-23)18-4-2-3-17(10-18)21-11-20-12-27(26-21)22(7-8-24-20)25-19-6-5-16(9-19)13-28;1-3(2,4)5/h2-4,7-8,10-11,16,19,25,28H,5-6,9,12-15H2,1H3;4-5H,1-2H3. The minimum absolute atomic E-state index is 0.0991. The van der Waals surface area contributed by atoms with Crippen LogP contribution >= 0.6 is 0 Å². The first-order valence-corrected chi connectivity index (χ1v) is 11.9. The SMILES string of the molecule is CC(C)(O)O.CC1(c2cccc(C3=NN4CC(=C3)N=CC=C4NC3CCC(CO)C3)c2)COC1. The summed E-state index contributed by atoms with van der Waals surface area (Å²) in [6.07, 6.45) is 9.09. The molecule has 4 N–H and O–H groups in total. The summed E-state index contributed by atoms with van der Waals surface area (Å²) >= 11 is 0. The Morgan fingerprint density at radius 1 is 1.24 bits per heavy atom. The maximum Gasteiger partial charge on any atom is 0.156 e. The molecule has 2 fully saturated rings. The molecule has 0 amide bonds. The molecule has 1 aliphatic carbocycles. The number of rotatable bonds is 5. The van der Waals surface area contributed by atoms with E-state index in [0.717, 1.165) is 55.3 Å². The quantitative estimate of drug-likeness (QED) is 0.494. The van der Waals surface area contributed by atoms with E-state index in [1.54, 1.807) is 0 Å². The fraction of sp³-hybridized carbons (Fsp3) is 0.538. The van der Waals surface area contributed by atoms with Crippen molar-refractivity contribution in [3.8, 4) is 0 Å². The highest BCUT2D eigenvalue weighted by Gasteiger charge is 2.35. The normalized spacial score (nSPS) is 25.2. The molecule has 8 nitrogen and oxygen atoms in total. The third-order valence-corrected chi connectivity index (χ3v) is 6.44. The van der Waals surface area contributed by atoms with E-state index in [0.29, 0.717) is 18.5 Å². The summed E-state index contributed by atoms with van der Waals surface area (Å²) in [6.45, 7) is 7.33. The van der Waals surface area contributed by atoms with Crippen molar-refractivity contribution in [1.82, 2.24) is 10.3 Å². The summed E-state index contributed by atoms with van der Waals surface area (Å²) in [7, 11) is 0. The molecule has 1 saturated heterocycles. The number of hydrazone groups is 1. The van der Waals surface area contributed by atoms with Crippen molar-refractivity contribution in [1.29, 1.82) is 0 Å². The molecule has 8 heteroatoms. The minimum atomic E-state index is -1.50. The topological polar surface area (TPSA) is 110 Å². The average Bonchev–Trinajstić information content (AvgIpc) is 3.18. The lowest BCUT2D eigenvalue weighted by atomic mass is 9.80. The first kappa shape index (κ1) is 24.6. The van der Waals surface area contributed by atoms with E-state index in [9.17, 15) is 5.11 Å². The van der Waals surface area contributed by atoms with Gasteiger partial charge in [-0.05, 0) is 62.8 Å². The Morgan fingerprint density at radius 3 is 2.65 bits per heavy atom. The zero-order valence-electron chi connectivity index (χ0n) is 20.2. The van der Waals surface area contributed by atoms with Gasteiger partial charge in [-0.3, -0.25) is 4.99 Å². The highest BCUT2D eigenvalue weighted by molar-refractivity contribution is 6.09. The first-order chi connectivity index (χ1) is 16.1. The van der Waals surface area contributed by atoms with Crippen molar-refractivity contribution in [2.24, 2.45) is 16.0 Å². The van der Waals surface area contributed by atoms with Gasteiger partial charge in [-0.2, -0.15) is 5.10 Å². The highest BCUT2D eigenvalue weighted by Crippen LogP contribution is 2.33. The van der Waals surface area contributed by atoms with Gasteiger partial charge in [-0.1, -0.05) is 25.1 Å². The van der Waals surface area contributed by atoms with E-state index >= 15 is 0 Å². The van der Waals surface area contributed by atoms with Crippen LogP contribution in [-0.2, 0) is 10.2 Å². The van der Waals surface area contributed by atoms with Crippen LogP contribution < -0.4 is 5.32 Å². The number of nitrogens with zero attached hydrogens (tertiary/aromatic N) is 3. The van der Waals surface area contributed by atoms with E-state index in [-0.39, 0.29) is 12.0 Å². The fourth-order valence-corrected chi connectivity index (χ4v) is 4.53. The number of fused-ring (bicyclic) bond motifs is 2. The number of hydrogen-bond acceptors (Lipinski definition) is 8. The van der Waals surface area contributed by atoms with Gasteiger partial charge in [0, 0.05) is 29.8 Å². The molecule has 3 aliphatic heterocycles. The molecule has 34 heavy (non-hydrogen) atoms. The molecule has 0 aromatic heterocycles. The van der Waals surface area contributed by atoms with Gasteiger partial charge in [0.25, 0.3) is 0 Å². The zero-order chi connectivity index (χ0) is 24.3. The number of hydrogen-bond donors (Lipinski definition) is 4. The van der Waals surface area contributed by atoms with Crippen LogP contribution in [0.25, 0.3) is 0 Å². The Kier molecular flexibility index (Phi) is 7.23. The van der Waals surface area contributed by atoms with Crippen molar-refractivity contribution in [3.05, 3.63) is 59.1 Å². The summed E-state index contributed by atoms with van der Waals surface area (Å²) in [6, 6.07) is 9.01. The van der Waals surface area contributed by atoms with Crippen LogP contribution in [0.3, 0.4) is 0 Å². The molecule has 1 aromatic rings. The summed E-state index contributed by atoms with van der Waals surface area (Å²) in [5.74, 6) is -0.114. The maximum atomic E-state index is 9.43. The molecule has 1 aromatic carbocycles. The monoisotopic (exact) mass is 468 g/mol. The smallest absolute Gasteiger partial charge is 0.156 e. The Labute approximate surface area is 201 Å². The predicted molar refractivity (Wildman–Crippen MR) is 132 cm³/mol. The van der Waals surface area contributed by atoms with Gasteiger partial charge < -0.3 is 25.4 Å². The second kappa shape index (κ2) is 10.00. The van der Waals surface area contributed by atoms with Gasteiger partial charge in [-0.25, -0.2) is 5.01 Å². The van der Waals surface area contributed by atoms with E-state index in [1.165, 1.54) is 19.4 Å². The van der Waals surface area contributed by atoms with E-state index in [2.05, 4.69) is 47.6 Å². The first-order valence-electron chi connectivity index (χ1n) is 11.9. The third-order valence-electron chi connectivity index (χ3n) is 6.44. The summed E-state index contributed by atoms with van der Waals surface area (Å²) in [5, 5.41) is 36.2. The van der Waals surface area contributed by atoms with Crippen LogP contribution in [-0.4, -0.2) is 70.4 Å². The van der Waals surface area contributed by atoms with E-state index in [4.69, 9.17) is 20.1 Å². The maximum absolute atomic E-state index is 9.43. The van der Waals surface area contributed by atoms with Crippen LogP contribution in [0, 0.1) is 5.92 Å². The van der Waals surface area contributed by atoms with Gasteiger partial charge in [0.05, 0.1) is 31.2 Å². The number of ether oxygens (including phenoxy) is 1. The number of aliphatic hydroxyl groups is 3. The summed E-state index contributed by atoms with van der Waals surface area (Å²) in [4.78, 5) is 4.61. The Balaban J connectivity index is 0.000000499. The van der Waals surface area contributed by atoms with Crippen molar-refractivity contribution < 1.29 is 20.1 Å². The van der Waals surface area contributed by atoms with Crippen molar-refractivity contribution in [2.75, 3.05) is 26.4 Å². The molecule has 2 atom stereocenters. The van der Waals surface area contributed by atoms with E-state index in [1.807, 2.05) is 17.3 Å². The Hall–Kier alpha value is -2.52. The molecular formula is C26H36N4O4. The minimum Gasteiger partial charge on any atom is -0.396 e. The van der Waals surface area contributed by atoms with Crippen LogP contribution in [0.1, 0.15) is 51.2 Å². The van der Waals surface area contributed by atoms with Crippen molar-refractivity contribution in [2.45, 2.75) is 57.3 Å². The van der Waals surface area contributed by atoms with Crippen LogP contribution in [0.15, 0.2) is 58.0 Å². The molecule has 4 aliphatic rings. The van der Waals surface area contributed by atoms with E-state index < -0.39 is 5.79 Å². The Bertz CT molecular complexity index is 998. The van der Waals surface area contributed by atoms with Gasteiger partial charge in [0.1, 0.15) is 5.82 Å². The predicted octanol–water partition coefficient (Wildman–Crippen LogP) is 2.26. The van der Waals surface area contributed by atoms with Gasteiger partial charge in [-0.15, -0.1) is 0 Å². The fourth-order valence-electron chi connectivity index (χ4n) is 4.53. The van der Waals surface area contributed by atoms with Crippen LogP contribution in [0.5, 0.6) is 0 Å². The second-order valence-electron chi connectivity index (χ2n) is 10.3. The van der Waals surface area contributed by atoms with Crippen LogP contribution in [0.2, 0.25) is 0 Å². The molecule has 0 radical (unpaired) electrons. The second-order valence-corrected chi connectivity index (χ2v) is 10.3. The number of nitrogens with one attached hydrogen (secondary N) is 1. The third kappa shape index (κ3) is 6.13. The van der Waals surface area contributed by atoms with Crippen molar-refractivity contribution >= 4 is 11.9 Å². The molecule has 3 heterocycles. The number of benzene rings is 1. The number of aliphatic imine (C=N–C) groups is 1. The molecular weight excluding hydrogens is 432 g/mol. The molecule has 1 saturated carbocycles. The molecule has 5 rings (SSSR count). The molecule has 2 unspecified atom stereocenters. The number of allylic oxidation sites excluding steroid dienone is 2. The van der Waals surface area contributed by atoms with Crippen LogP contribution in [0.4, 0.5) is 0 Å². The van der Waals surface area contributed by atoms with Gasteiger partial charge >= 0.3 is 0 Å². The van der Waals surface area contributed by atoms with Crippen molar-refractivity contribution in [3.63, 3.8) is 0 Å². The van der Waals surface area contributed by atoms with Gasteiger partial charge in [0.15, 0.2) is 5.79 Å². The largest absolute Gasteiger partial charge is 0.396 e.